The number of benzene rings is 1. The lowest BCUT2D eigenvalue weighted by Crippen LogP contribution is -2.31. The minimum absolute atomic E-state index is 0.264. The summed E-state index contributed by atoms with van der Waals surface area (Å²) in [5.41, 5.74) is 7.39. The van der Waals surface area contributed by atoms with Crippen LogP contribution in [0, 0.1) is 0 Å². The summed E-state index contributed by atoms with van der Waals surface area (Å²) in [6, 6.07) is 8.50. The third kappa shape index (κ3) is 1.62. The fourth-order valence-electron chi connectivity index (χ4n) is 2.10. The van der Waals surface area contributed by atoms with Crippen LogP contribution in [0.3, 0.4) is 0 Å². The largest absolute Gasteiger partial charge is 0.493 e. The van der Waals surface area contributed by atoms with E-state index in [1.165, 1.54) is 5.56 Å². The fraction of sp³-hybridized carbons (Fsp3) is 0.500. The van der Waals surface area contributed by atoms with Crippen LogP contribution >= 0.6 is 0 Å². The Morgan fingerprint density at radius 2 is 2.29 bits per heavy atom. The van der Waals surface area contributed by atoms with E-state index >= 15 is 0 Å². The Labute approximate surface area is 85.1 Å². The minimum atomic E-state index is 0.264. The molecular weight excluding hydrogens is 174 g/mol. The number of para-hydroxylation sites is 1. The molecule has 0 aromatic heterocycles. The summed E-state index contributed by atoms with van der Waals surface area (Å²) in [6.07, 6.45) is 2.07. The Balaban J connectivity index is 2.30. The summed E-state index contributed by atoms with van der Waals surface area (Å²) in [4.78, 5) is 0. The van der Waals surface area contributed by atoms with E-state index in [1.807, 2.05) is 12.1 Å². The first kappa shape index (κ1) is 9.53. The molecule has 2 heteroatoms. The Bertz CT molecular complexity index is 311. The molecule has 76 valence electrons. The van der Waals surface area contributed by atoms with Crippen LogP contribution in [0.4, 0.5) is 0 Å². The van der Waals surface area contributed by atoms with Gasteiger partial charge in [0.15, 0.2) is 0 Å². The zero-order chi connectivity index (χ0) is 9.97. The Kier molecular flexibility index (Phi) is 2.73. The molecule has 2 rings (SSSR count). The summed E-state index contributed by atoms with van der Waals surface area (Å²) in [6.45, 7) is 2.94. The van der Waals surface area contributed by atoms with Crippen molar-refractivity contribution in [3.05, 3.63) is 29.8 Å². The van der Waals surface area contributed by atoms with Crippen molar-refractivity contribution in [3.63, 3.8) is 0 Å². The summed E-state index contributed by atoms with van der Waals surface area (Å²) in [5.74, 6) is 1.50. The lowest BCUT2D eigenvalue weighted by molar-refractivity contribution is 0.254. The predicted octanol–water partition coefficient (Wildman–Crippen LogP) is 2.29. The summed E-state index contributed by atoms with van der Waals surface area (Å²) in [7, 11) is 0. The molecule has 2 nitrogen and oxygen atoms in total. The van der Waals surface area contributed by atoms with E-state index in [0.29, 0.717) is 5.92 Å². The molecule has 0 radical (unpaired) electrons. The second-order valence-corrected chi connectivity index (χ2v) is 3.85. The molecule has 2 unspecified atom stereocenters. The first-order valence-corrected chi connectivity index (χ1v) is 5.30. The molecule has 1 aliphatic rings. The molecule has 1 heterocycles. The monoisotopic (exact) mass is 191 g/mol. The zero-order valence-electron chi connectivity index (χ0n) is 8.57. The normalized spacial score (nSPS) is 22.3. The van der Waals surface area contributed by atoms with E-state index in [2.05, 4.69) is 19.1 Å². The maximum absolute atomic E-state index is 6.11. The van der Waals surface area contributed by atoms with Crippen LogP contribution in [0.1, 0.15) is 31.2 Å². The molecule has 0 saturated carbocycles. The maximum atomic E-state index is 6.11. The van der Waals surface area contributed by atoms with Crippen molar-refractivity contribution in [1.82, 2.24) is 0 Å². The van der Waals surface area contributed by atoms with E-state index in [0.717, 1.165) is 25.2 Å². The summed E-state index contributed by atoms with van der Waals surface area (Å²) < 4.78 is 5.59. The topological polar surface area (TPSA) is 35.2 Å². The average molecular weight is 191 g/mol. The van der Waals surface area contributed by atoms with Crippen LogP contribution in [0.5, 0.6) is 5.75 Å². The number of hydrogen-bond acceptors (Lipinski definition) is 2. The summed E-state index contributed by atoms with van der Waals surface area (Å²) >= 11 is 0. The first-order valence-electron chi connectivity index (χ1n) is 5.30. The third-order valence-corrected chi connectivity index (χ3v) is 2.99. The first-order chi connectivity index (χ1) is 6.83. The van der Waals surface area contributed by atoms with Crippen LogP contribution in [-0.4, -0.2) is 12.6 Å². The van der Waals surface area contributed by atoms with Crippen LogP contribution in [-0.2, 0) is 0 Å². The second kappa shape index (κ2) is 4.01. The van der Waals surface area contributed by atoms with Crippen LogP contribution in [0.15, 0.2) is 24.3 Å². The Morgan fingerprint density at radius 1 is 1.50 bits per heavy atom. The van der Waals surface area contributed by atoms with E-state index in [4.69, 9.17) is 10.5 Å². The fourth-order valence-corrected chi connectivity index (χ4v) is 2.10. The van der Waals surface area contributed by atoms with Gasteiger partial charge in [0.2, 0.25) is 0 Å². The van der Waals surface area contributed by atoms with Crippen LogP contribution in [0.25, 0.3) is 0 Å². The SMILES string of the molecule is CCC(N)C1CCOc2ccccc21. The molecule has 1 aromatic rings. The molecule has 0 aliphatic carbocycles. The van der Waals surface area contributed by atoms with Gasteiger partial charge in [0, 0.05) is 12.0 Å². The smallest absolute Gasteiger partial charge is 0.122 e. The van der Waals surface area contributed by atoms with Crippen molar-refractivity contribution < 1.29 is 4.74 Å². The van der Waals surface area contributed by atoms with E-state index in [-0.39, 0.29) is 6.04 Å². The van der Waals surface area contributed by atoms with Crippen molar-refractivity contribution in [2.75, 3.05) is 6.61 Å². The van der Waals surface area contributed by atoms with Crippen molar-refractivity contribution in [2.45, 2.75) is 31.7 Å². The van der Waals surface area contributed by atoms with E-state index < -0.39 is 0 Å². The van der Waals surface area contributed by atoms with Gasteiger partial charge < -0.3 is 10.5 Å². The molecule has 0 saturated heterocycles. The number of nitrogens with two attached hydrogens (primary N) is 1. The molecule has 0 bridgehead atoms. The van der Waals surface area contributed by atoms with Gasteiger partial charge in [-0.1, -0.05) is 25.1 Å². The highest BCUT2D eigenvalue weighted by molar-refractivity contribution is 5.38. The lowest BCUT2D eigenvalue weighted by Gasteiger charge is -2.29. The molecule has 1 aromatic carbocycles. The van der Waals surface area contributed by atoms with Crippen molar-refractivity contribution >= 4 is 0 Å². The van der Waals surface area contributed by atoms with Gasteiger partial charge in [0.25, 0.3) is 0 Å². The zero-order valence-corrected chi connectivity index (χ0v) is 8.57. The van der Waals surface area contributed by atoms with E-state index in [9.17, 15) is 0 Å². The number of hydrogen-bond donors (Lipinski definition) is 1. The molecule has 0 spiro atoms. The van der Waals surface area contributed by atoms with Crippen LogP contribution < -0.4 is 10.5 Å². The molecule has 1 aliphatic heterocycles. The molecule has 0 fully saturated rings. The van der Waals surface area contributed by atoms with E-state index in [1.54, 1.807) is 0 Å². The predicted molar refractivity (Wildman–Crippen MR) is 57.6 cm³/mol. The molecule has 14 heavy (non-hydrogen) atoms. The number of rotatable bonds is 2. The van der Waals surface area contributed by atoms with Gasteiger partial charge in [0.05, 0.1) is 6.61 Å². The van der Waals surface area contributed by atoms with Gasteiger partial charge in [-0.05, 0) is 24.5 Å². The molecule has 2 N–H and O–H groups in total. The highest BCUT2D eigenvalue weighted by atomic mass is 16.5. The van der Waals surface area contributed by atoms with Gasteiger partial charge >= 0.3 is 0 Å². The van der Waals surface area contributed by atoms with Gasteiger partial charge in [-0.2, -0.15) is 0 Å². The minimum Gasteiger partial charge on any atom is -0.493 e. The maximum Gasteiger partial charge on any atom is 0.122 e. The van der Waals surface area contributed by atoms with Gasteiger partial charge in [-0.25, -0.2) is 0 Å². The van der Waals surface area contributed by atoms with Gasteiger partial charge in [-0.3, -0.25) is 0 Å². The molecule has 2 atom stereocenters. The third-order valence-electron chi connectivity index (χ3n) is 2.99. The summed E-state index contributed by atoms with van der Waals surface area (Å²) in [5, 5.41) is 0. The van der Waals surface area contributed by atoms with Crippen molar-refractivity contribution in [1.29, 1.82) is 0 Å². The van der Waals surface area contributed by atoms with Gasteiger partial charge in [-0.15, -0.1) is 0 Å². The van der Waals surface area contributed by atoms with Crippen molar-refractivity contribution in [3.8, 4) is 5.75 Å². The Hall–Kier alpha value is -1.02. The van der Waals surface area contributed by atoms with Crippen molar-refractivity contribution in [2.24, 2.45) is 5.73 Å². The lowest BCUT2D eigenvalue weighted by atomic mass is 9.86. The highest BCUT2D eigenvalue weighted by Gasteiger charge is 2.25. The molecular formula is C12H17NO. The average Bonchev–Trinajstić information content (AvgIpc) is 2.27. The van der Waals surface area contributed by atoms with Crippen LogP contribution in [0.2, 0.25) is 0 Å². The number of fused-ring (bicyclic) bond motifs is 1. The van der Waals surface area contributed by atoms with Gasteiger partial charge in [0.1, 0.15) is 5.75 Å². The molecule has 0 amide bonds. The quantitative estimate of drug-likeness (QED) is 0.778. The Morgan fingerprint density at radius 3 is 3.07 bits per heavy atom. The second-order valence-electron chi connectivity index (χ2n) is 3.85. The number of ether oxygens (including phenoxy) is 1. The highest BCUT2D eigenvalue weighted by Crippen LogP contribution is 2.35. The standard InChI is InChI=1S/C12H17NO/c1-2-11(13)9-7-8-14-12-6-4-3-5-10(9)12/h3-6,9,11H,2,7-8,13H2,1H3.